The summed E-state index contributed by atoms with van der Waals surface area (Å²) in [5, 5.41) is 12.0. The predicted octanol–water partition coefficient (Wildman–Crippen LogP) is 0.869. The van der Waals surface area contributed by atoms with Crippen molar-refractivity contribution < 1.29 is 9.90 Å². The van der Waals surface area contributed by atoms with E-state index in [2.05, 4.69) is 15.3 Å². The fourth-order valence-corrected chi connectivity index (χ4v) is 2.26. The molecule has 3 N–H and O–H groups in total. The molecule has 6 heteroatoms. The maximum Gasteiger partial charge on any atom is 0.272 e. The number of aromatic amines is 1. The number of aliphatic hydroxyl groups excluding tert-OH is 1. The summed E-state index contributed by atoms with van der Waals surface area (Å²) in [6.07, 6.45) is 1.91. The van der Waals surface area contributed by atoms with Gasteiger partial charge in [-0.2, -0.15) is 11.8 Å². The molecule has 0 bridgehead atoms. The molecule has 1 aromatic rings. The molecule has 0 fully saturated rings. The van der Waals surface area contributed by atoms with Gasteiger partial charge in [0.1, 0.15) is 11.5 Å². The maximum absolute atomic E-state index is 11.9. The van der Waals surface area contributed by atoms with E-state index in [1.165, 1.54) is 11.8 Å². The van der Waals surface area contributed by atoms with Crippen molar-refractivity contribution in [1.29, 1.82) is 0 Å². The lowest BCUT2D eigenvalue weighted by Gasteiger charge is -2.20. The second kappa shape index (κ2) is 6.07. The average Bonchev–Trinajstić information content (AvgIpc) is 2.59. The van der Waals surface area contributed by atoms with Gasteiger partial charge >= 0.3 is 0 Å². The summed E-state index contributed by atoms with van der Waals surface area (Å²) in [4.78, 5) is 19.1. The number of thioether (sulfide) groups is 1. The van der Waals surface area contributed by atoms with Crippen molar-refractivity contribution in [3.05, 3.63) is 17.2 Å². The highest BCUT2D eigenvalue weighted by molar-refractivity contribution is 7.99. The normalized spacial score (nSPS) is 14.4. The number of aliphatic hydroxyl groups is 1. The van der Waals surface area contributed by atoms with Crippen LogP contribution in [0.2, 0.25) is 0 Å². The zero-order valence-corrected chi connectivity index (χ0v) is 11.4. The van der Waals surface area contributed by atoms with Gasteiger partial charge in [0.2, 0.25) is 0 Å². The Bertz CT molecular complexity index is 388. The summed E-state index contributed by atoms with van der Waals surface area (Å²) >= 11 is 1.53. The van der Waals surface area contributed by atoms with Gasteiger partial charge in [0.25, 0.3) is 5.91 Å². The van der Waals surface area contributed by atoms with Crippen molar-refractivity contribution in [1.82, 2.24) is 15.3 Å². The number of rotatable bonds is 5. The number of H-pyrrole nitrogens is 1. The topological polar surface area (TPSA) is 78.0 Å². The Kier molecular flexibility index (Phi) is 5.02. The maximum atomic E-state index is 11.9. The first-order chi connectivity index (χ1) is 7.99. The summed E-state index contributed by atoms with van der Waals surface area (Å²) in [6, 6.07) is -0.0982. The second-order valence-corrected chi connectivity index (χ2v) is 5.09. The van der Waals surface area contributed by atoms with Crippen molar-refractivity contribution in [2.24, 2.45) is 0 Å². The SMILES string of the molecule is CSC(CO)C(C)NC(=O)c1nc(C)[nH]c1C. The monoisotopic (exact) mass is 257 g/mol. The molecule has 0 aromatic carbocycles. The molecular weight excluding hydrogens is 238 g/mol. The molecule has 0 aliphatic heterocycles. The third-order valence-electron chi connectivity index (χ3n) is 2.62. The summed E-state index contributed by atoms with van der Waals surface area (Å²) in [7, 11) is 0. The minimum atomic E-state index is -0.202. The Morgan fingerprint density at radius 1 is 1.59 bits per heavy atom. The summed E-state index contributed by atoms with van der Waals surface area (Å²) < 4.78 is 0. The van der Waals surface area contributed by atoms with Gasteiger partial charge in [-0.1, -0.05) is 0 Å². The fourth-order valence-electron chi connectivity index (χ4n) is 1.64. The molecule has 1 heterocycles. The van der Waals surface area contributed by atoms with Crippen LogP contribution in [0, 0.1) is 13.8 Å². The number of carbonyl (C=O) groups is 1. The standard InChI is InChI=1S/C11H19N3O2S/c1-6(9(5-15)17-4)13-11(16)10-7(2)12-8(3)14-10/h6,9,15H,5H2,1-4H3,(H,12,14)(H,13,16). The zero-order valence-electron chi connectivity index (χ0n) is 10.6. The number of amides is 1. The van der Waals surface area contributed by atoms with E-state index in [1.54, 1.807) is 0 Å². The molecule has 5 nitrogen and oxygen atoms in total. The van der Waals surface area contributed by atoms with Gasteiger partial charge in [-0.25, -0.2) is 4.98 Å². The van der Waals surface area contributed by atoms with Crippen LogP contribution in [-0.2, 0) is 0 Å². The van der Waals surface area contributed by atoms with E-state index in [-0.39, 0.29) is 23.8 Å². The number of carbonyl (C=O) groups excluding carboxylic acids is 1. The first-order valence-electron chi connectivity index (χ1n) is 5.47. The Morgan fingerprint density at radius 3 is 2.65 bits per heavy atom. The van der Waals surface area contributed by atoms with E-state index in [1.807, 2.05) is 27.0 Å². The third-order valence-corrected chi connectivity index (χ3v) is 3.78. The van der Waals surface area contributed by atoms with Crippen molar-refractivity contribution in [2.45, 2.75) is 32.1 Å². The van der Waals surface area contributed by atoms with Crippen LogP contribution in [0.15, 0.2) is 0 Å². The van der Waals surface area contributed by atoms with E-state index in [9.17, 15) is 4.79 Å². The van der Waals surface area contributed by atoms with Crippen LogP contribution in [0.3, 0.4) is 0 Å². The highest BCUT2D eigenvalue weighted by atomic mass is 32.2. The summed E-state index contributed by atoms with van der Waals surface area (Å²) in [5.74, 6) is 0.524. The molecule has 0 aliphatic rings. The van der Waals surface area contributed by atoms with Gasteiger partial charge in [0.15, 0.2) is 0 Å². The van der Waals surface area contributed by atoms with Gasteiger partial charge < -0.3 is 15.4 Å². The molecule has 17 heavy (non-hydrogen) atoms. The van der Waals surface area contributed by atoms with Crippen LogP contribution in [-0.4, -0.2) is 45.1 Å². The summed E-state index contributed by atoms with van der Waals surface area (Å²) in [5.41, 5.74) is 1.18. The third kappa shape index (κ3) is 3.47. The Balaban J connectivity index is 2.69. The van der Waals surface area contributed by atoms with Crippen LogP contribution in [0.1, 0.15) is 28.9 Å². The second-order valence-electron chi connectivity index (χ2n) is 4.01. The van der Waals surface area contributed by atoms with Crippen molar-refractivity contribution in [2.75, 3.05) is 12.9 Å². The molecule has 1 rings (SSSR count). The quantitative estimate of drug-likeness (QED) is 0.731. The van der Waals surface area contributed by atoms with Gasteiger partial charge in [-0.3, -0.25) is 4.79 Å². The van der Waals surface area contributed by atoms with Crippen LogP contribution >= 0.6 is 11.8 Å². The molecule has 0 saturated heterocycles. The zero-order chi connectivity index (χ0) is 13.0. The predicted molar refractivity (Wildman–Crippen MR) is 69.4 cm³/mol. The lowest BCUT2D eigenvalue weighted by molar-refractivity contribution is 0.0930. The Morgan fingerprint density at radius 2 is 2.24 bits per heavy atom. The molecule has 1 amide bonds. The van der Waals surface area contributed by atoms with Crippen molar-refractivity contribution in [3.8, 4) is 0 Å². The molecule has 0 aliphatic carbocycles. The van der Waals surface area contributed by atoms with Crippen LogP contribution < -0.4 is 5.32 Å². The van der Waals surface area contributed by atoms with E-state index in [0.717, 1.165) is 11.5 Å². The van der Waals surface area contributed by atoms with E-state index >= 15 is 0 Å². The van der Waals surface area contributed by atoms with Gasteiger partial charge in [-0.15, -0.1) is 0 Å². The molecule has 0 spiro atoms. The van der Waals surface area contributed by atoms with Crippen molar-refractivity contribution >= 4 is 17.7 Å². The van der Waals surface area contributed by atoms with E-state index in [4.69, 9.17) is 5.11 Å². The molecule has 0 radical (unpaired) electrons. The van der Waals surface area contributed by atoms with Gasteiger partial charge in [0, 0.05) is 17.0 Å². The highest BCUT2D eigenvalue weighted by Gasteiger charge is 2.20. The molecule has 2 unspecified atom stereocenters. The van der Waals surface area contributed by atoms with Crippen LogP contribution in [0.25, 0.3) is 0 Å². The Labute approximate surface area is 105 Å². The minimum absolute atomic E-state index is 0.000653. The number of imidazole rings is 1. The lowest BCUT2D eigenvalue weighted by atomic mass is 10.2. The lowest BCUT2D eigenvalue weighted by Crippen LogP contribution is -2.41. The highest BCUT2D eigenvalue weighted by Crippen LogP contribution is 2.11. The molecular formula is C11H19N3O2S. The van der Waals surface area contributed by atoms with Crippen molar-refractivity contribution in [3.63, 3.8) is 0 Å². The fraction of sp³-hybridized carbons (Fsp3) is 0.636. The molecule has 1 aromatic heterocycles. The average molecular weight is 257 g/mol. The number of hydrogen-bond acceptors (Lipinski definition) is 4. The van der Waals surface area contributed by atoms with E-state index in [0.29, 0.717) is 5.69 Å². The minimum Gasteiger partial charge on any atom is -0.395 e. The number of hydrogen-bond donors (Lipinski definition) is 3. The molecule has 2 atom stereocenters. The molecule has 0 saturated carbocycles. The van der Waals surface area contributed by atoms with Crippen LogP contribution in [0.5, 0.6) is 0 Å². The largest absolute Gasteiger partial charge is 0.395 e. The number of aromatic nitrogens is 2. The number of aryl methyl sites for hydroxylation is 2. The molecule has 96 valence electrons. The van der Waals surface area contributed by atoms with E-state index < -0.39 is 0 Å². The first-order valence-corrected chi connectivity index (χ1v) is 6.76. The smallest absolute Gasteiger partial charge is 0.272 e. The first kappa shape index (κ1) is 14.1. The number of nitrogens with one attached hydrogen (secondary N) is 2. The van der Waals surface area contributed by atoms with Gasteiger partial charge in [0.05, 0.1) is 6.61 Å². The summed E-state index contributed by atoms with van der Waals surface area (Å²) in [6.45, 7) is 5.55. The number of nitrogens with zero attached hydrogens (tertiary/aromatic N) is 1. The Hall–Kier alpha value is -1.01. The van der Waals surface area contributed by atoms with Gasteiger partial charge in [-0.05, 0) is 27.0 Å². The van der Waals surface area contributed by atoms with Crippen LogP contribution in [0.4, 0.5) is 0 Å².